The van der Waals surface area contributed by atoms with Crippen LogP contribution in [-0.4, -0.2) is 20.4 Å². The molecule has 23 heavy (non-hydrogen) atoms. The molecule has 0 aliphatic heterocycles. The third kappa shape index (κ3) is 2.53. The van der Waals surface area contributed by atoms with Gasteiger partial charge in [0, 0.05) is 22.8 Å². The maximum absolute atomic E-state index is 12.3. The van der Waals surface area contributed by atoms with Crippen LogP contribution in [0.25, 0.3) is 16.0 Å². The van der Waals surface area contributed by atoms with Crippen molar-refractivity contribution < 1.29 is 9.90 Å². The number of carbonyl (C=O) groups excluding carboxylic acids is 1. The fourth-order valence-corrected chi connectivity index (χ4v) is 3.51. The van der Waals surface area contributed by atoms with Gasteiger partial charge in [-0.15, -0.1) is 11.3 Å². The molecule has 0 saturated carbocycles. The Morgan fingerprint density at radius 2 is 2.09 bits per heavy atom. The molecule has 2 aromatic heterocycles. The van der Waals surface area contributed by atoms with Gasteiger partial charge in [-0.1, -0.05) is 18.2 Å². The highest BCUT2D eigenvalue weighted by Gasteiger charge is 2.13. The first-order chi connectivity index (χ1) is 11.2. The van der Waals surface area contributed by atoms with Crippen LogP contribution in [0.2, 0.25) is 0 Å². The first-order valence-electron chi connectivity index (χ1n) is 7.13. The predicted molar refractivity (Wildman–Crippen MR) is 91.0 cm³/mol. The Balaban J connectivity index is 1.63. The van der Waals surface area contributed by atoms with Gasteiger partial charge in [-0.05, 0) is 24.3 Å². The third-order valence-electron chi connectivity index (χ3n) is 3.59. The van der Waals surface area contributed by atoms with E-state index in [2.05, 4.69) is 10.3 Å². The topological polar surface area (TPSA) is 66.6 Å². The van der Waals surface area contributed by atoms with Gasteiger partial charge >= 0.3 is 0 Å². The lowest BCUT2D eigenvalue weighted by atomic mass is 10.2. The van der Waals surface area contributed by atoms with Crippen molar-refractivity contribution >= 4 is 38.9 Å². The van der Waals surface area contributed by atoms with Crippen LogP contribution in [0.5, 0.6) is 5.75 Å². The summed E-state index contributed by atoms with van der Waals surface area (Å²) in [6.07, 6.45) is 0.246. The molecule has 2 aromatic carbocycles. The van der Waals surface area contributed by atoms with Crippen molar-refractivity contribution in [1.29, 1.82) is 0 Å². The summed E-state index contributed by atoms with van der Waals surface area (Å²) in [6.45, 7) is 0. The second-order valence-electron chi connectivity index (χ2n) is 5.22. The normalized spacial score (nSPS) is 11.1. The van der Waals surface area contributed by atoms with E-state index < -0.39 is 0 Å². The van der Waals surface area contributed by atoms with E-state index in [4.69, 9.17) is 0 Å². The quantitative estimate of drug-likeness (QED) is 0.607. The average Bonchev–Trinajstić information content (AvgIpc) is 3.07. The van der Waals surface area contributed by atoms with Crippen molar-refractivity contribution in [2.45, 2.75) is 6.42 Å². The van der Waals surface area contributed by atoms with Gasteiger partial charge in [0.25, 0.3) is 0 Å². The number of hydrogen-bond acceptors (Lipinski definition) is 4. The molecule has 1 amide bonds. The van der Waals surface area contributed by atoms with E-state index in [1.165, 1.54) is 17.4 Å². The van der Waals surface area contributed by atoms with Crippen molar-refractivity contribution in [1.82, 2.24) is 9.38 Å². The number of phenolic OH excluding ortho intramolecular Hbond substituents is 1. The SMILES string of the molecule is O=C(Cc1csc2nc3ccccc3n12)Nc1cccc(O)c1. The van der Waals surface area contributed by atoms with Crippen molar-refractivity contribution in [3.63, 3.8) is 0 Å². The van der Waals surface area contributed by atoms with E-state index in [-0.39, 0.29) is 18.1 Å². The predicted octanol–water partition coefficient (Wildman–Crippen LogP) is 3.44. The molecule has 2 N–H and O–H groups in total. The molecule has 0 spiro atoms. The minimum Gasteiger partial charge on any atom is -0.508 e. The van der Waals surface area contributed by atoms with Gasteiger partial charge in [0.05, 0.1) is 17.5 Å². The number of amides is 1. The van der Waals surface area contributed by atoms with E-state index >= 15 is 0 Å². The van der Waals surface area contributed by atoms with Crippen LogP contribution in [0, 0.1) is 0 Å². The van der Waals surface area contributed by atoms with Crippen LogP contribution in [-0.2, 0) is 11.2 Å². The number of rotatable bonds is 3. The minimum atomic E-state index is -0.131. The molecule has 0 aliphatic carbocycles. The average molecular weight is 323 g/mol. The number of hydrogen-bond donors (Lipinski definition) is 2. The summed E-state index contributed by atoms with van der Waals surface area (Å²) in [7, 11) is 0. The van der Waals surface area contributed by atoms with Crippen molar-refractivity contribution in [2.75, 3.05) is 5.32 Å². The molecule has 6 heteroatoms. The van der Waals surface area contributed by atoms with Crippen LogP contribution in [0.3, 0.4) is 0 Å². The van der Waals surface area contributed by atoms with Crippen LogP contribution >= 0.6 is 11.3 Å². The van der Waals surface area contributed by atoms with Gasteiger partial charge in [-0.3, -0.25) is 9.20 Å². The Kier molecular flexibility index (Phi) is 3.24. The zero-order valence-corrected chi connectivity index (χ0v) is 12.9. The first kappa shape index (κ1) is 13.8. The van der Waals surface area contributed by atoms with E-state index in [9.17, 15) is 9.90 Å². The highest BCUT2D eigenvalue weighted by molar-refractivity contribution is 7.15. The van der Waals surface area contributed by atoms with Crippen molar-refractivity contribution in [2.24, 2.45) is 0 Å². The standard InChI is InChI=1S/C17H13N3O2S/c21-13-5-3-4-11(8-13)18-16(22)9-12-10-23-17-19-14-6-1-2-7-15(14)20(12)17/h1-8,10,21H,9H2,(H,18,22). The number of aromatic nitrogens is 2. The molecular formula is C17H13N3O2S. The van der Waals surface area contributed by atoms with E-state index in [1.54, 1.807) is 18.2 Å². The van der Waals surface area contributed by atoms with Crippen molar-refractivity contribution in [3.05, 3.63) is 59.6 Å². The number of carbonyl (C=O) groups is 1. The highest BCUT2D eigenvalue weighted by Crippen LogP contribution is 2.24. The molecule has 5 nitrogen and oxygen atoms in total. The van der Waals surface area contributed by atoms with Gasteiger partial charge in [-0.25, -0.2) is 4.98 Å². The summed E-state index contributed by atoms with van der Waals surface area (Å²) in [5.41, 5.74) is 3.41. The van der Waals surface area contributed by atoms with Gasteiger partial charge in [0.2, 0.25) is 5.91 Å². The number of benzene rings is 2. The molecule has 0 atom stereocenters. The summed E-state index contributed by atoms with van der Waals surface area (Å²) in [5, 5.41) is 14.2. The molecule has 0 radical (unpaired) electrons. The summed E-state index contributed by atoms with van der Waals surface area (Å²) in [6, 6.07) is 14.4. The monoisotopic (exact) mass is 323 g/mol. The molecule has 0 aliphatic rings. The number of nitrogens with zero attached hydrogens (tertiary/aromatic N) is 2. The molecule has 0 bridgehead atoms. The number of phenols is 1. The zero-order chi connectivity index (χ0) is 15.8. The maximum atomic E-state index is 12.3. The molecule has 4 aromatic rings. The smallest absolute Gasteiger partial charge is 0.230 e. The molecule has 0 unspecified atom stereocenters. The number of nitrogens with one attached hydrogen (secondary N) is 1. The fourth-order valence-electron chi connectivity index (χ4n) is 2.61. The number of fused-ring (bicyclic) bond motifs is 3. The second kappa shape index (κ2) is 5.40. The minimum absolute atomic E-state index is 0.126. The molecule has 0 fully saturated rings. The van der Waals surface area contributed by atoms with Gasteiger partial charge in [0.15, 0.2) is 4.96 Å². The molecule has 4 rings (SSSR count). The van der Waals surface area contributed by atoms with Gasteiger partial charge < -0.3 is 10.4 Å². The summed E-state index contributed by atoms with van der Waals surface area (Å²) in [5.74, 6) is -0.00518. The molecule has 2 heterocycles. The number of anilines is 1. The van der Waals surface area contributed by atoms with E-state index in [0.717, 1.165) is 21.7 Å². The largest absolute Gasteiger partial charge is 0.508 e. The van der Waals surface area contributed by atoms with Gasteiger partial charge in [0.1, 0.15) is 5.75 Å². The van der Waals surface area contributed by atoms with E-state index in [1.807, 2.05) is 34.0 Å². The zero-order valence-electron chi connectivity index (χ0n) is 12.1. The second-order valence-corrected chi connectivity index (χ2v) is 6.06. The Labute approximate surface area is 135 Å². The Hall–Kier alpha value is -2.86. The van der Waals surface area contributed by atoms with Crippen LogP contribution in [0.1, 0.15) is 5.69 Å². The number of aromatic hydroxyl groups is 1. The highest BCUT2D eigenvalue weighted by atomic mass is 32.1. The third-order valence-corrected chi connectivity index (χ3v) is 4.46. The Morgan fingerprint density at radius 3 is 2.96 bits per heavy atom. The van der Waals surface area contributed by atoms with Crippen LogP contribution < -0.4 is 5.32 Å². The summed E-state index contributed by atoms with van der Waals surface area (Å²) < 4.78 is 2.02. The first-order valence-corrected chi connectivity index (χ1v) is 8.01. The van der Waals surface area contributed by atoms with Crippen LogP contribution in [0.15, 0.2) is 53.9 Å². The van der Waals surface area contributed by atoms with Crippen molar-refractivity contribution in [3.8, 4) is 5.75 Å². The number of thiazole rings is 1. The molecule has 0 saturated heterocycles. The number of para-hydroxylation sites is 2. The number of imidazole rings is 1. The lowest BCUT2D eigenvalue weighted by Crippen LogP contribution is -2.15. The Morgan fingerprint density at radius 1 is 1.22 bits per heavy atom. The lowest BCUT2D eigenvalue weighted by Gasteiger charge is -2.05. The summed E-state index contributed by atoms with van der Waals surface area (Å²) >= 11 is 1.52. The fraction of sp³-hybridized carbons (Fsp3) is 0.0588. The van der Waals surface area contributed by atoms with E-state index in [0.29, 0.717) is 5.69 Å². The van der Waals surface area contributed by atoms with Gasteiger partial charge in [-0.2, -0.15) is 0 Å². The maximum Gasteiger partial charge on any atom is 0.230 e. The Bertz CT molecular complexity index is 1020. The van der Waals surface area contributed by atoms with Crippen LogP contribution in [0.4, 0.5) is 5.69 Å². The molecular weight excluding hydrogens is 310 g/mol. The lowest BCUT2D eigenvalue weighted by molar-refractivity contribution is -0.115. The molecule has 114 valence electrons. The summed E-state index contributed by atoms with van der Waals surface area (Å²) in [4.78, 5) is 17.7.